The minimum absolute atomic E-state index is 0.136. The minimum atomic E-state index is -0.400. The van der Waals surface area contributed by atoms with Gasteiger partial charge in [-0.2, -0.15) is 0 Å². The molecule has 0 spiro atoms. The van der Waals surface area contributed by atoms with Crippen molar-refractivity contribution in [1.29, 1.82) is 5.41 Å². The fourth-order valence-electron chi connectivity index (χ4n) is 1.72. The second-order valence-electron chi connectivity index (χ2n) is 3.81. The summed E-state index contributed by atoms with van der Waals surface area (Å²) in [4.78, 5) is 11.7. The molecule has 0 atom stereocenters. The minimum Gasteiger partial charge on any atom is -0.474 e. The molecule has 0 amide bonds. The van der Waals surface area contributed by atoms with Crippen LogP contribution in [-0.4, -0.2) is 19.3 Å². The highest BCUT2D eigenvalue weighted by molar-refractivity contribution is 5.91. The van der Waals surface area contributed by atoms with Crippen LogP contribution >= 0.6 is 0 Å². The van der Waals surface area contributed by atoms with Crippen molar-refractivity contribution >= 4 is 12.2 Å². The number of allylic oxidation sites excluding steroid dienone is 1. The van der Waals surface area contributed by atoms with Gasteiger partial charge in [-0.15, -0.1) is 0 Å². The topological polar surface area (TPSA) is 85.4 Å². The number of esters is 1. The van der Waals surface area contributed by atoms with E-state index in [-0.39, 0.29) is 12.5 Å². The Morgan fingerprint density at radius 2 is 2.21 bits per heavy atom. The lowest BCUT2D eigenvalue weighted by molar-refractivity contribution is 0.0596. The molecule has 0 saturated heterocycles. The normalized spacial score (nSPS) is 10.9. The van der Waals surface area contributed by atoms with Gasteiger partial charge in [-0.25, -0.2) is 4.79 Å². The van der Waals surface area contributed by atoms with Gasteiger partial charge in [0, 0.05) is 17.9 Å². The lowest BCUT2D eigenvalue weighted by Gasteiger charge is -2.13. The summed E-state index contributed by atoms with van der Waals surface area (Å²) in [6.45, 7) is 2.17. The van der Waals surface area contributed by atoms with Gasteiger partial charge in [0.2, 0.25) is 0 Å². The lowest BCUT2D eigenvalue weighted by atomic mass is 10.00. The van der Waals surface area contributed by atoms with Crippen LogP contribution in [-0.2, 0) is 22.5 Å². The fraction of sp³-hybridized carbons (Fsp3) is 0.286. The van der Waals surface area contributed by atoms with E-state index in [0.717, 1.165) is 23.8 Å². The first-order valence-corrected chi connectivity index (χ1v) is 5.92. The van der Waals surface area contributed by atoms with E-state index >= 15 is 0 Å². The molecule has 0 fully saturated rings. The number of nitrogens with one attached hydrogen (secondary N) is 1. The molecule has 0 aliphatic heterocycles. The summed E-state index contributed by atoms with van der Waals surface area (Å²) >= 11 is 0. The average molecular weight is 262 g/mol. The molecular weight excluding hydrogens is 244 g/mol. The van der Waals surface area contributed by atoms with E-state index in [0.29, 0.717) is 5.56 Å². The molecule has 19 heavy (non-hydrogen) atoms. The zero-order chi connectivity index (χ0) is 14.3. The van der Waals surface area contributed by atoms with Crippen LogP contribution in [0.15, 0.2) is 30.2 Å². The molecular formula is C14H18N2O3. The summed E-state index contributed by atoms with van der Waals surface area (Å²) in [5.41, 5.74) is 7.80. The Bertz CT molecular complexity index is 495. The predicted octanol–water partition coefficient (Wildman–Crippen LogP) is 2.00. The van der Waals surface area contributed by atoms with Gasteiger partial charge in [0.05, 0.1) is 12.7 Å². The van der Waals surface area contributed by atoms with Crippen molar-refractivity contribution in [3.05, 3.63) is 46.8 Å². The molecule has 0 aromatic heterocycles. The molecule has 0 aliphatic rings. The zero-order valence-electron chi connectivity index (χ0n) is 11.1. The predicted molar refractivity (Wildman–Crippen MR) is 73.0 cm³/mol. The molecule has 1 aromatic carbocycles. The number of carbonyl (C=O) groups excluding carboxylic acids is 1. The largest absolute Gasteiger partial charge is 0.474 e. The number of carbonyl (C=O) groups is 1. The maximum atomic E-state index is 11.7. The van der Waals surface area contributed by atoms with Crippen molar-refractivity contribution in [2.24, 2.45) is 5.73 Å². The van der Waals surface area contributed by atoms with E-state index in [1.165, 1.54) is 13.2 Å². The van der Waals surface area contributed by atoms with Crippen LogP contribution in [0.5, 0.6) is 0 Å². The Morgan fingerprint density at radius 3 is 2.79 bits per heavy atom. The first kappa shape index (κ1) is 14.8. The standard InChI is InChI=1S/C14H18N2O3/c1-3-10-5-4-6-11(14(17)18-2)12(10)9-19-13(16)7-8-15/h4-8,15H,3,9,16H2,1-2H3. The number of benzene rings is 1. The van der Waals surface area contributed by atoms with E-state index in [2.05, 4.69) is 0 Å². The third kappa shape index (κ3) is 3.84. The van der Waals surface area contributed by atoms with E-state index in [1.807, 2.05) is 19.1 Å². The Morgan fingerprint density at radius 1 is 1.47 bits per heavy atom. The number of nitrogens with two attached hydrogens (primary N) is 1. The molecule has 102 valence electrons. The Balaban J connectivity index is 3.05. The van der Waals surface area contributed by atoms with E-state index in [9.17, 15) is 4.79 Å². The monoisotopic (exact) mass is 262 g/mol. The van der Waals surface area contributed by atoms with Crippen LogP contribution in [0.4, 0.5) is 0 Å². The number of rotatable bonds is 6. The molecule has 0 saturated carbocycles. The highest BCUT2D eigenvalue weighted by Gasteiger charge is 2.15. The second-order valence-corrected chi connectivity index (χ2v) is 3.81. The first-order valence-electron chi connectivity index (χ1n) is 5.92. The summed E-state index contributed by atoms with van der Waals surface area (Å²) in [6.07, 6.45) is 3.16. The van der Waals surface area contributed by atoms with Crippen LogP contribution in [0.1, 0.15) is 28.4 Å². The number of hydrogen-bond acceptors (Lipinski definition) is 5. The van der Waals surface area contributed by atoms with Crippen LogP contribution in [0, 0.1) is 5.41 Å². The maximum absolute atomic E-state index is 11.7. The highest BCUT2D eigenvalue weighted by atomic mass is 16.5. The average Bonchev–Trinajstić information content (AvgIpc) is 2.44. The van der Waals surface area contributed by atoms with Gasteiger partial charge in [0.1, 0.15) is 6.61 Å². The maximum Gasteiger partial charge on any atom is 0.338 e. The van der Waals surface area contributed by atoms with Gasteiger partial charge in [-0.3, -0.25) is 0 Å². The summed E-state index contributed by atoms with van der Waals surface area (Å²) in [6, 6.07) is 5.44. The summed E-state index contributed by atoms with van der Waals surface area (Å²) in [7, 11) is 1.34. The van der Waals surface area contributed by atoms with Crippen molar-refractivity contribution in [3.8, 4) is 0 Å². The van der Waals surface area contributed by atoms with Crippen LogP contribution in [0.2, 0.25) is 0 Å². The third-order valence-electron chi connectivity index (χ3n) is 2.69. The molecule has 0 bridgehead atoms. The SMILES string of the molecule is CCc1cccc(C(=O)OC)c1COC(N)=CC=N. The van der Waals surface area contributed by atoms with Crippen molar-refractivity contribution in [3.63, 3.8) is 0 Å². The number of ether oxygens (including phenoxy) is 2. The molecule has 5 nitrogen and oxygen atoms in total. The van der Waals surface area contributed by atoms with Crippen LogP contribution in [0.25, 0.3) is 0 Å². The van der Waals surface area contributed by atoms with Gasteiger partial charge in [0.25, 0.3) is 0 Å². The van der Waals surface area contributed by atoms with Crippen molar-refractivity contribution in [1.82, 2.24) is 0 Å². The fourth-order valence-corrected chi connectivity index (χ4v) is 1.72. The van der Waals surface area contributed by atoms with Crippen LogP contribution < -0.4 is 5.73 Å². The molecule has 1 rings (SSSR count). The van der Waals surface area contributed by atoms with E-state index in [4.69, 9.17) is 20.6 Å². The highest BCUT2D eigenvalue weighted by Crippen LogP contribution is 2.18. The molecule has 0 radical (unpaired) electrons. The van der Waals surface area contributed by atoms with Crippen molar-refractivity contribution < 1.29 is 14.3 Å². The van der Waals surface area contributed by atoms with Gasteiger partial charge < -0.3 is 20.6 Å². The molecule has 5 heteroatoms. The Labute approximate surface area is 112 Å². The number of aryl methyl sites for hydroxylation is 1. The summed E-state index contributed by atoms with van der Waals surface area (Å²) in [5.74, 6) is -0.264. The molecule has 0 aliphatic carbocycles. The lowest BCUT2D eigenvalue weighted by Crippen LogP contribution is -2.11. The van der Waals surface area contributed by atoms with E-state index in [1.54, 1.807) is 6.07 Å². The quantitative estimate of drug-likeness (QED) is 0.466. The summed E-state index contributed by atoms with van der Waals surface area (Å²) < 4.78 is 10.1. The third-order valence-corrected chi connectivity index (χ3v) is 2.69. The number of methoxy groups -OCH3 is 1. The second kappa shape index (κ2) is 7.20. The molecule has 3 N–H and O–H groups in total. The van der Waals surface area contributed by atoms with Crippen molar-refractivity contribution in [2.75, 3.05) is 7.11 Å². The molecule has 0 unspecified atom stereocenters. The number of hydrogen-bond donors (Lipinski definition) is 2. The molecule has 1 aromatic rings. The van der Waals surface area contributed by atoms with Gasteiger partial charge in [0.15, 0.2) is 5.88 Å². The van der Waals surface area contributed by atoms with Gasteiger partial charge in [-0.05, 0) is 18.1 Å². The van der Waals surface area contributed by atoms with E-state index < -0.39 is 5.97 Å². The van der Waals surface area contributed by atoms with Gasteiger partial charge >= 0.3 is 5.97 Å². The zero-order valence-corrected chi connectivity index (χ0v) is 11.1. The van der Waals surface area contributed by atoms with Crippen LogP contribution in [0.3, 0.4) is 0 Å². The van der Waals surface area contributed by atoms with Gasteiger partial charge in [-0.1, -0.05) is 19.1 Å². The first-order chi connectivity index (χ1) is 9.13. The summed E-state index contributed by atoms with van der Waals surface area (Å²) in [5, 5.41) is 6.90. The molecule has 0 heterocycles. The Hall–Kier alpha value is -2.30. The Kier molecular flexibility index (Phi) is 5.60. The smallest absolute Gasteiger partial charge is 0.338 e. The van der Waals surface area contributed by atoms with Crippen molar-refractivity contribution in [2.45, 2.75) is 20.0 Å².